The maximum absolute atomic E-state index is 5.78. The van der Waals surface area contributed by atoms with Gasteiger partial charge in [-0.3, -0.25) is 0 Å². The number of thiophene rings is 1. The fourth-order valence-corrected chi connectivity index (χ4v) is 3.64. The van der Waals surface area contributed by atoms with Crippen molar-refractivity contribution < 1.29 is 9.47 Å². The van der Waals surface area contributed by atoms with E-state index in [1.807, 2.05) is 0 Å². The lowest BCUT2D eigenvalue weighted by atomic mass is 9.90. The predicted molar refractivity (Wildman–Crippen MR) is 91.2 cm³/mol. The Labute approximate surface area is 137 Å². The molecule has 4 heteroatoms. The highest BCUT2D eigenvalue weighted by molar-refractivity contribution is 7.11. The molecule has 2 aliphatic rings. The van der Waals surface area contributed by atoms with Crippen LogP contribution in [0.1, 0.15) is 51.3 Å². The molecule has 0 radical (unpaired) electrons. The summed E-state index contributed by atoms with van der Waals surface area (Å²) in [5.74, 6) is 6.29. The summed E-state index contributed by atoms with van der Waals surface area (Å²) in [6.07, 6.45) is 4.18. The van der Waals surface area contributed by atoms with Gasteiger partial charge < -0.3 is 14.8 Å². The van der Waals surface area contributed by atoms with E-state index >= 15 is 0 Å². The molecule has 0 amide bonds. The normalized spacial score (nSPS) is 21.6. The first-order chi connectivity index (χ1) is 10.4. The van der Waals surface area contributed by atoms with Crippen molar-refractivity contribution in [2.45, 2.75) is 58.3 Å². The Balaban J connectivity index is 1.54. The number of anilines is 1. The average Bonchev–Trinajstić information content (AvgIpc) is 3.09. The second-order valence-electron chi connectivity index (χ2n) is 7.23. The van der Waals surface area contributed by atoms with Crippen molar-refractivity contribution in [2.24, 2.45) is 5.41 Å². The molecule has 3 rings (SSSR count). The van der Waals surface area contributed by atoms with Crippen LogP contribution in [-0.4, -0.2) is 25.0 Å². The van der Waals surface area contributed by atoms with Gasteiger partial charge in [0, 0.05) is 35.4 Å². The van der Waals surface area contributed by atoms with Gasteiger partial charge in [0.15, 0.2) is 5.79 Å². The monoisotopic (exact) mass is 319 g/mol. The van der Waals surface area contributed by atoms with E-state index in [0.29, 0.717) is 6.04 Å². The Kier molecular flexibility index (Phi) is 4.49. The molecule has 0 atom stereocenters. The van der Waals surface area contributed by atoms with Crippen LogP contribution < -0.4 is 5.32 Å². The van der Waals surface area contributed by atoms with Crippen LogP contribution in [0.25, 0.3) is 0 Å². The largest absolute Gasteiger partial charge is 0.382 e. The summed E-state index contributed by atoms with van der Waals surface area (Å²) in [6.45, 7) is 7.91. The van der Waals surface area contributed by atoms with Crippen LogP contribution in [0.3, 0.4) is 0 Å². The minimum atomic E-state index is -0.268. The molecule has 22 heavy (non-hydrogen) atoms. The summed E-state index contributed by atoms with van der Waals surface area (Å²) in [7, 11) is 0. The SMILES string of the molecule is CC(C)(C)C#Cc1cc(NC2CCC3(CC2)OCCO3)cs1. The van der Waals surface area contributed by atoms with Gasteiger partial charge in [-0.25, -0.2) is 0 Å². The Hall–Kier alpha value is -1.02. The first-order valence-electron chi connectivity index (χ1n) is 8.10. The summed E-state index contributed by atoms with van der Waals surface area (Å²) in [4.78, 5) is 1.13. The molecule has 1 saturated heterocycles. The quantitative estimate of drug-likeness (QED) is 0.827. The van der Waals surface area contributed by atoms with Crippen LogP contribution in [0.2, 0.25) is 0 Å². The highest BCUT2D eigenvalue weighted by Gasteiger charge is 2.40. The summed E-state index contributed by atoms with van der Waals surface area (Å²) in [5.41, 5.74) is 1.24. The number of ether oxygens (including phenoxy) is 2. The number of nitrogens with one attached hydrogen (secondary N) is 1. The van der Waals surface area contributed by atoms with Crippen LogP contribution in [0, 0.1) is 17.3 Å². The zero-order valence-electron chi connectivity index (χ0n) is 13.7. The van der Waals surface area contributed by atoms with Gasteiger partial charge in [0.2, 0.25) is 0 Å². The molecule has 1 spiro atoms. The van der Waals surface area contributed by atoms with E-state index in [9.17, 15) is 0 Å². The highest BCUT2D eigenvalue weighted by atomic mass is 32.1. The minimum absolute atomic E-state index is 0.0521. The molecular formula is C18H25NO2S. The van der Waals surface area contributed by atoms with Crippen molar-refractivity contribution in [3.05, 3.63) is 16.3 Å². The Morgan fingerprint density at radius 2 is 1.91 bits per heavy atom. The van der Waals surface area contributed by atoms with Crippen LogP contribution in [0.15, 0.2) is 11.4 Å². The van der Waals surface area contributed by atoms with Gasteiger partial charge in [-0.15, -0.1) is 11.3 Å². The molecule has 1 aliphatic carbocycles. The zero-order valence-corrected chi connectivity index (χ0v) is 14.5. The van der Waals surface area contributed by atoms with Crippen molar-refractivity contribution in [3.63, 3.8) is 0 Å². The Morgan fingerprint density at radius 1 is 1.23 bits per heavy atom. The van der Waals surface area contributed by atoms with Crippen molar-refractivity contribution >= 4 is 17.0 Å². The maximum atomic E-state index is 5.78. The third kappa shape index (κ3) is 4.04. The number of hydrogen-bond acceptors (Lipinski definition) is 4. The van der Waals surface area contributed by atoms with E-state index in [4.69, 9.17) is 9.47 Å². The molecule has 1 aliphatic heterocycles. The molecule has 120 valence electrons. The van der Waals surface area contributed by atoms with Crippen LogP contribution >= 0.6 is 11.3 Å². The van der Waals surface area contributed by atoms with Crippen molar-refractivity contribution in [2.75, 3.05) is 18.5 Å². The summed E-state index contributed by atoms with van der Waals surface area (Å²) in [5, 5.41) is 5.80. The third-order valence-corrected chi connectivity index (χ3v) is 4.94. The van der Waals surface area contributed by atoms with Gasteiger partial charge in [0.25, 0.3) is 0 Å². The second-order valence-corrected chi connectivity index (χ2v) is 8.14. The number of hydrogen-bond donors (Lipinski definition) is 1. The molecule has 1 aromatic rings. The van der Waals surface area contributed by atoms with Crippen molar-refractivity contribution in [1.29, 1.82) is 0 Å². The Morgan fingerprint density at radius 3 is 2.55 bits per heavy atom. The first-order valence-corrected chi connectivity index (χ1v) is 8.98. The van der Waals surface area contributed by atoms with Crippen LogP contribution in [-0.2, 0) is 9.47 Å². The predicted octanol–water partition coefficient (Wildman–Crippen LogP) is 4.24. The molecule has 3 nitrogen and oxygen atoms in total. The smallest absolute Gasteiger partial charge is 0.168 e. The lowest BCUT2D eigenvalue weighted by molar-refractivity contribution is -0.177. The van der Waals surface area contributed by atoms with Gasteiger partial charge in [0.1, 0.15) is 0 Å². The fraction of sp³-hybridized carbons (Fsp3) is 0.667. The van der Waals surface area contributed by atoms with E-state index in [1.165, 1.54) is 5.69 Å². The Bertz CT molecular complexity index is 560. The molecular weight excluding hydrogens is 294 g/mol. The molecule has 1 aromatic heterocycles. The van der Waals surface area contributed by atoms with E-state index in [0.717, 1.165) is 43.8 Å². The molecule has 1 N–H and O–H groups in total. The maximum Gasteiger partial charge on any atom is 0.168 e. The lowest BCUT2D eigenvalue weighted by Gasteiger charge is -2.35. The van der Waals surface area contributed by atoms with Gasteiger partial charge in [-0.05, 0) is 39.7 Å². The fourth-order valence-electron chi connectivity index (χ4n) is 2.95. The standard InChI is InChI=1S/C18H25NO2S/c1-17(2,3)7-6-16-12-15(13-22-16)19-14-4-8-18(9-5-14)20-10-11-21-18/h12-14,19H,4-5,8-11H2,1-3H3. The topological polar surface area (TPSA) is 30.5 Å². The van der Waals surface area contributed by atoms with E-state index in [1.54, 1.807) is 11.3 Å². The van der Waals surface area contributed by atoms with Gasteiger partial charge >= 0.3 is 0 Å². The van der Waals surface area contributed by atoms with Gasteiger partial charge in [-0.1, -0.05) is 11.8 Å². The minimum Gasteiger partial charge on any atom is -0.382 e. The molecule has 0 aromatic carbocycles. The van der Waals surface area contributed by atoms with Crippen molar-refractivity contribution in [1.82, 2.24) is 0 Å². The summed E-state index contributed by atoms with van der Waals surface area (Å²) in [6, 6.07) is 2.67. The second kappa shape index (κ2) is 6.23. The first kappa shape index (κ1) is 15.9. The molecule has 1 saturated carbocycles. The third-order valence-electron chi connectivity index (χ3n) is 4.09. The van der Waals surface area contributed by atoms with Gasteiger partial charge in [0.05, 0.1) is 18.1 Å². The van der Waals surface area contributed by atoms with Crippen molar-refractivity contribution in [3.8, 4) is 11.8 Å². The lowest BCUT2D eigenvalue weighted by Crippen LogP contribution is -2.39. The van der Waals surface area contributed by atoms with E-state index in [-0.39, 0.29) is 11.2 Å². The number of rotatable bonds is 2. The molecule has 2 fully saturated rings. The van der Waals surface area contributed by atoms with Crippen LogP contribution in [0.5, 0.6) is 0 Å². The average molecular weight is 319 g/mol. The highest BCUT2D eigenvalue weighted by Crippen LogP contribution is 2.36. The molecule has 0 unspecified atom stereocenters. The molecule has 0 bridgehead atoms. The summed E-state index contributed by atoms with van der Waals surface area (Å²) >= 11 is 1.71. The van der Waals surface area contributed by atoms with E-state index in [2.05, 4.69) is 49.4 Å². The van der Waals surface area contributed by atoms with Crippen LogP contribution in [0.4, 0.5) is 5.69 Å². The summed E-state index contributed by atoms with van der Waals surface area (Å²) < 4.78 is 11.6. The van der Waals surface area contributed by atoms with Gasteiger partial charge in [-0.2, -0.15) is 0 Å². The van der Waals surface area contributed by atoms with E-state index < -0.39 is 0 Å². The molecule has 2 heterocycles. The zero-order chi connectivity index (χ0) is 15.6.